The van der Waals surface area contributed by atoms with Crippen molar-refractivity contribution in [1.29, 1.82) is 0 Å². The Bertz CT molecular complexity index is 635. The van der Waals surface area contributed by atoms with Crippen LogP contribution in [0.4, 0.5) is 0 Å². The molecule has 3 rings (SSSR count). The van der Waals surface area contributed by atoms with E-state index in [9.17, 15) is 4.79 Å². The Balaban J connectivity index is 2.00. The maximum atomic E-state index is 11.6. The lowest BCUT2D eigenvalue weighted by Crippen LogP contribution is -2.28. The maximum Gasteiger partial charge on any atom is 0.305 e. The Labute approximate surface area is 119 Å². The van der Waals surface area contributed by atoms with Crippen molar-refractivity contribution in [1.82, 2.24) is 0 Å². The van der Waals surface area contributed by atoms with E-state index < -0.39 is 0 Å². The molecule has 0 amide bonds. The van der Waals surface area contributed by atoms with Crippen LogP contribution in [0.25, 0.3) is 10.8 Å². The van der Waals surface area contributed by atoms with Crippen LogP contribution in [0.15, 0.2) is 42.5 Å². The third-order valence-electron chi connectivity index (χ3n) is 4.49. The molecule has 1 fully saturated rings. The number of rotatable bonds is 4. The van der Waals surface area contributed by atoms with Crippen LogP contribution < -0.4 is 0 Å². The van der Waals surface area contributed by atoms with Gasteiger partial charge in [0, 0.05) is 11.8 Å². The number of hydrogen-bond acceptors (Lipinski definition) is 2. The van der Waals surface area contributed by atoms with Crippen LogP contribution in [0.1, 0.15) is 38.7 Å². The molecule has 1 aliphatic rings. The van der Waals surface area contributed by atoms with Gasteiger partial charge in [0.25, 0.3) is 0 Å². The Morgan fingerprint density at radius 1 is 1.20 bits per heavy atom. The molecule has 0 radical (unpaired) electrons. The van der Waals surface area contributed by atoms with Gasteiger partial charge in [-0.2, -0.15) is 0 Å². The summed E-state index contributed by atoms with van der Waals surface area (Å²) < 4.78 is 5.59. The molecule has 2 nitrogen and oxygen atoms in total. The minimum absolute atomic E-state index is 0.0195. The molecule has 0 spiro atoms. The first kappa shape index (κ1) is 13.2. The average Bonchev–Trinajstić information content (AvgIpc) is 3.28. The lowest BCUT2D eigenvalue weighted by Gasteiger charge is -2.25. The lowest BCUT2D eigenvalue weighted by atomic mass is 9.87. The largest absolute Gasteiger partial charge is 0.462 e. The van der Waals surface area contributed by atoms with Gasteiger partial charge in [-0.3, -0.25) is 4.79 Å². The normalized spacial score (nSPS) is 17.7. The molecule has 1 saturated carbocycles. The third kappa shape index (κ3) is 2.09. The summed E-state index contributed by atoms with van der Waals surface area (Å²) in [5.41, 5.74) is 1.35. The van der Waals surface area contributed by atoms with Crippen molar-refractivity contribution in [2.75, 3.05) is 0 Å². The predicted octanol–water partition coefficient (Wildman–Crippen LogP) is 4.21. The van der Waals surface area contributed by atoms with Gasteiger partial charge < -0.3 is 4.74 Å². The number of hydrogen-bond donors (Lipinski definition) is 0. The molecule has 1 atom stereocenters. The first-order valence-corrected chi connectivity index (χ1v) is 7.35. The quantitative estimate of drug-likeness (QED) is 0.776. The summed E-state index contributed by atoms with van der Waals surface area (Å²) in [4.78, 5) is 11.6. The van der Waals surface area contributed by atoms with Gasteiger partial charge in [-0.05, 0) is 36.1 Å². The fraction of sp³-hybridized carbons (Fsp3) is 0.389. The van der Waals surface area contributed by atoms with E-state index in [1.807, 2.05) is 13.8 Å². The fourth-order valence-electron chi connectivity index (χ4n) is 3.08. The SMILES string of the molecule is CCC(=O)O[C@@H](C)C1(c2cccc3ccccc23)CC1. The minimum Gasteiger partial charge on any atom is -0.462 e. The molecule has 20 heavy (non-hydrogen) atoms. The summed E-state index contributed by atoms with van der Waals surface area (Å²) >= 11 is 0. The molecular formula is C18H20O2. The van der Waals surface area contributed by atoms with E-state index in [4.69, 9.17) is 4.74 Å². The Morgan fingerprint density at radius 3 is 2.60 bits per heavy atom. The summed E-state index contributed by atoms with van der Waals surface area (Å²) in [5.74, 6) is -0.107. The number of ether oxygens (including phenoxy) is 1. The molecule has 104 valence electrons. The van der Waals surface area contributed by atoms with E-state index >= 15 is 0 Å². The highest BCUT2D eigenvalue weighted by atomic mass is 16.5. The van der Waals surface area contributed by atoms with Crippen LogP contribution in [-0.4, -0.2) is 12.1 Å². The van der Waals surface area contributed by atoms with Crippen molar-refractivity contribution in [3.63, 3.8) is 0 Å². The second-order valence-electron chi connectivity index (χ2n) is 5.67. The number of carbonyl (C=O) groups excluding carboxylic acids is 1. The van der Waals surface area contributed by atoms with Crippen LogP contribution in [-0.2, 0) is 14.9 Å². The molecule has 2 heteroatoms. The van der Waals surface area contributed by atoms with Crippen molar-refractivity contribution >= 4 is 16.7 Å². The Kier molecular flexibility index (Phi) is 3.25. The molecule has 0 heterocycles. The van der Waals surface area contributed by atoms with E-state index in [0.717, 1.165) is 12.8 Å². The van der Waals surface area contributed by atoms with Gasteiger partial charge in [-0.25, -0.2) is 0 Å². The molecule has 0 unspecified atom stereocenters. The van der Waals surface area contributed by atoms with E-state index in [2.05, 4.69) is 42.5 Å². The van der Waals surface area contributed by atoms with Gasteiger partial charge in [0.15, 0.2) is 0 Å². The molecule has 1 aliphatic carbocycles. The molecule has 0 bridgehead atoms. The molecular weight excluding hydrogens is 248 g/mol. The summed E-state index contributed by atoms with van der Waals surface area (Å²) in [6.45, 7) is 3.87. The van der Waals surface area contributed by atoms with E-state index in [1.54, 1.807) is 0 Å². The van der Waals surface area contributed by atoms with Crippen molar-refractivity contribution in [2.24, 2.45) is 0 Å². The Hall–Kier alpha value is -1.83. The van der Waals surface area contributed by atoms with Crippen LogP contribution in [0, 0.1) is 0 Å². The zero-order valence-electron chi connectivity index (χ0n) is 12.1. The van der Waals surface area contributed by atoms with Crippen molar-refractivity contribution in [3.05, 3.63) is 48.0 Å². The van der Waals surface area contributed by atoms with Crippen molar-refractivity contribution < 1.29 is 9.53 Å². The first-order valence-electron chi connectivity index (χ1n) is 7.35. The molecule has 2 aromatic rings. The van der Waals surface area contributed by atoms with Crippen LogP contribution >= 0.6 is 0 Å². The summed E-state index contributed by atoms with van der Waals surface area (Å²) in [6, 6.07) is 14.9. The molecule has 0 aliphatic heterocycles. The predicted molar refractivity (Wildman–Crippen MR) is 80.7 cm³/mol. The lowest BCUT2D eigenvalue weighted by molar-refractivity contribution is -0.149. The highest BCUT2D eigenvalue weighted by molar-refractivity contribution is 5.87. The zero-order chi connectivity index (χ0) is 14.2. The number of fused-ring (bicyclic) bond motifs is 1. The second kappa shape index (κ2) is 4.93. The van der Waals surface area contributed by atoms with Gasteiger partial charge in [0.1, 0.15) is 6.10 Å². The zero-order valence-corrected chi connectivity index (χ0v) is 12.1. The van der Waals surface area contributed by atoms with E-state index in [0.29, 0.717) is 6.42 Å². The van der Waals surface area contributed by atoms with Gasteiger partial charge >= 0.3 is 5.97 Å². The average molecular weight is 268 g/mol. The van der Waals surface area contributed by atoms with Crippen molar-refractivity contribution in [2.45, 2.75) is 44.6 Å². The summed E-state index contributed by atoms with van der Waals surface area (Å²) in [5, 5.41) is 2.54. The number of benzene rings is 2. The smallest absolute Gasteiger partial charge is 0.305 e. The molecule has 0 N–H and O–H groups in total. The number of carbonyl (C=O) groups is 1. The van der Waals surface area contributed by atoms with Gasteiger partial charge in [0.05, 0.1) is 0 Å². The van der Waals surface area contributed by atoms with Crippen LogP contribution in [0.5, 0.6) is 0 Å². The monoisotopic (exact) mass is 268 g/mol. The summed E-state index contributed by atoms with van der Waals surface area (Å²) in [7, 11) is 0. The van der Waals surface area contributed by atoms with Crippen molar-refractivity contribution in [3.8, 4) is 0 Å². The summed E-state index contributed by atoms with van der Waals surface area (Å²) in [6.07, 6.45) is 2.58. The fourth-order valence-corrected chi connectivity index (χ4v) is 3.08. The van der Waals surface area contributed by atoms with Gasteiger partial charge in [0.2, 0.25) is 0 Å². The minimum atomic E-state index is -0.107. The number of esters is 1. The Morgan fingerprint density at radius 2 is 1.90 bits per heavy atom. The van der Waals surface area contributed by atoms with Gasteiger partial charge in [-0.1, -0.05) is 49.4 Å². The second-order valence-corrected chi connectivity index (χ2v) is 5.67. The highest BCUT2D eigenvalue weighted by Gasteiger charge is 2.51. The van der Waals surface area contributed by atoms with E-state index in [1.165, 1.54) is 16.3 Å². The van der Waals surface area contributed by atoms with Crippen LogP contribution in [0.3, 0.4) is 0 Å². The highest BCUT2D eigenvalue weighted by Crippen LogP contribution is 2.53. The van der Waals surface area contributed by atoms with Crippen LogP contribution in [0.2, 0.25) is 0 Å². The standard InChI is InChI=1S/C18H20O2/c1-3-17(19)20-13(2)18(11-12-18)16-10-6-8-14-7-4-5-9-15(14)16/h4-10,13H,3,11-12H2,1-2H3/t13-/m0/s1. The molecule has 2 aromatic carbocycles. The topological polar surface area (TPSA) is 26.3 Å². The first-order chi connectivity index (χ1) is 9.67. The van der Waals surface area contributed by atoms with E-state index in [-0.39, 0.29) is 17.5 Å². The molecule has 0 aromatic heterocycles. The maximum absolute atomic E-state index is 11.6. The van der Waals surface area contributed by atoms with Gasteiger partial charge in [-0.15, -0.1) is 0 Å². The third-order valence-corrected chi connectivity index (χ3v) is 4.49. The molecule has 0 saturated heterocycles.